The van der Waals surface area contributed by atoms with Crippen LogP contribution in [0.2, 0.25) is 0 Å². The Morgan fingerprint density at radius 2 is 1.94 bits per heavy atom. The zero-order chi connectivity index (χ0) is 24.0. The van der Waals surface area contributed by atoms with Gasteiger partial charge in [0.25, 0.3) is 0 Å². The highest BCUT2D eigenvalue weighted by Crippen LogP contribution is 2.31. The molecule has 33 heavy (non-hydrogen) atoms. The van der Waals surface area contributed by atoms with Crippen LogP contribution in [0.15, 0.2) is 42.5 Å². The van der Waals surface area contributed by atoms with E-state index in [1.54, 1.807) is 19.9 Å². The molecule has 3 rings (SSSR count). The number of carbonyl (C=O) groups is 2. The lowest BCUT2D eigenvalue weighted by molar-refractivity contribution is -0.152. The minimum atomic E-state index is -4.39. The molecule has 2 heterocycles. The van der Waals surface area contributed by atoms with Crippen LogP contribution < -0.4 is 15.4 Å². The summed E-state index contributed by atoms with van der Waals surface area (Å²) >= 11 is 1.09. The van der Waals surface area contributed by atoms with E-state index in [0.29, 0.717) is 26.1 Å². The Bertz CT molecular complexity index is 936. The minimum absolute atomic E-state index is 0.0293. The van der Waals surface area contributed by atoms with Crippen molar-refractivity contribution in [3.05, 3.63) is 47.3 Å². The number of ether oxygens (including phenoxy) is 1. The summed E-state index contributed by atoms with van der Waals surface area (Å²) in [5.41, 5.74) is 0.870. The van der Waals surface area contributed by atoms with Gasteiger partial charge in [-0.1, -0.05) is 18.2 Å². The van der Waals surface area contributed by atoms with E-state index >= 15 is 0 Å². The third kappa shape index (κ3) is 7.75. The average Bonchev–Trinajstić information content (AvgIpc) is 3.42. The van der Waals surface area contributed by atoms with Crippen molar-refractivity contribution in [3.8, 4) is 5.06 Å². The standard InChI is InChI=1S/C23H28F3N3O3S/c1-15(20-8-9-21(33-20)32-14-23(24,25)26)27-22(31)17-10-11-29(12-17)13-19(16(2)30)28-18-6-4-3-5-7-18/h3-9,15,17,19,28H,10-14H2,1-2H3,(H,27,31)/t15-,17-,19?/m1/s1. The van der Waals surface area contributed by atoms with Gasteiger partial charge in [-0.05, 0) is 51.1 Å². The Morgan fingerprint density at radius 3 is 2.61 bits per heavy atom. The highest BCUT2D eigenvalue weighted by atomic mass is 32.1. The van der Waals surface area contributed by atoms with Crippen molar-refractivity contribution >= 4 is 28.7 Å². The van der Waals surface area contributed by atoms with Gasteiger partial charge in [0.1, 0.15) is 0 Å². The van der Waals surface area contributed by atoms with Crippen molar-refractivity contribution in [1.82, 2.24) is 10.2 Å². The maximum atomic E-state index is 12.8. The summed E-state index contributed by atoms with van der Waals surface area (Å²) in [4.78, 5) is 27.7. The number of ketones is 1. The van der Waals surface area contributed by atoms with Gasteiger partial charge in [-0.2, -0.15) is 13.2 Å². The second-order valence-corrected chi connectivity index (χ2v) is 9.29. The monoisotopic (exact) mass is 483 g/mol. The first-order chi connectivity index (χ1) is 15.6. The number of rotatable bonds is 10. The molecule has 6 nitrogen and oxygen atoms in total. The van der Waals surface area contributed by atoms with Crippen LogP contribution in [0.1, 0.15) is 31.2 Å². The van der Waals surface area contributed by atoms with Crippen LogP contribution in [0, 0.1) is 5.92 Å². The minimum Gasteiger partial charge on any atom is -0.475 e. The zero-order valence-corrected chi connectivity index (χ0v) is 19.3. The number of para-hydroxylation sites is 1. The first-order valence-electron chi connectivity index (χ1n) is 10.7. The molecular weight excluding hydrogens is 455 g/mol. The summed E-state index contributed by atoms with van der Waals surface area (Å²) in [5, 5.41) is 6.36. The lowest BCUT2D eigenvalue weighted by Gasteiger charge is -2.24. The molecule has 1 aromatic carbocycles. The van der Waals surface area contributed by atoms with Crippen molar-refractivity contribution in [2.75, 3.05) is 31.6 Å². The molecule has 1 aliphatic heterocycles. The van der Waals surface area contributed by atoms with Crippen LogP contribution in [0.3, 0.4) is 0 Å². The molecule has 0 radical (unpaired) electrons. The maximum absolute atomic E-state index is 12.8. The summed E-state index contributed by atoms with van der Waals surface area (Å²) in [5.74, 6) is -0.286. The fraction of sp³-hybridized carbons (Fsp3) is 0.478. The molecule has 1 amide bonds. The van der Waals surface area contributed by atoms with E-state index in [1.165, 1.54) is 6.07 Å². The van der Waals surface area contributed by atoms with Gasteiger partial charge in [-0.25, -0.2) is 0 Å². The van der Waals surface area contributed by atoms with Crippen LogP contribution >= 0.6 is 11.3 Å². The first kappa shape index (κ1) is 25.0. The summed E-state index contributed by atoms with van der Waals surface area (Å²) in [6.07, 6.45) is -3.71. The molecule has 2 N–H and O–H groups in total. The van der Waals surface area contributed by atoms with E-state index in [9.17, 15) is 22.8 Å². The molecule has 0 saturated carbocycles. The Labute approximate surface area is 195 Å². The fourth-order valence-corrected chi connectivity index (χ4v) is 4.54. The second kappa shape index (κ2) is 11.0. The van der Waals surface area contributed by atoms with E-state index in [-0.39, 0.29) is 34.8 Å². The highest BCUT2D eigenvalue weighted by Gasteiger charge is 2.32. The third-order valence-electron chi connectivity index (χ3n) is 5.46. The number of nitrogens with one attached hydrogen (secondary N) is 2. The van der Waals surface area contributed by atoms with Gasteiger partial charge >= 0.3 is 6.18 Å². The Balaban J connectivity index is 1.48. The largest absolute Gasteiger partial charge is 0.475 e. The third-order valence-corrected chi connectivity index (χ3v) is 6.64. The van der Waals surface area contributed by atoms with E-state index in [1.807, 2.05) is 30.3 Å². The van der Waals surface area contributed by atoms with Crippen LogP contribution in [0.4, 0.5) is 18.9 Å². The number of alkyl halides is 3. The van der Waals surface area contributed by atoms with Gasteiger partial charge in [-0.3, -0.25) is 9.59 Å². The molecule has 1 saturated heterocycles. The molecule has 0 bridgehead atoms. The Kier molecular flexibility index (Phi) is 8.36. The van der Waals surface area contributed by atoms with Gasteiger partial charge in [0.15, 0.2) is 17.5 Å². The van der Waals surface area contributed by atoms with Crippen LogP contribution in [0.5, 0.6) is 5.06 Å². The van der Waals surface area contributed by atoms with Gasteiger partial charge in [0.2, 0.25) is 5.91 Å². The predicted octanol–water partition coefficient (Wildman–Crippen LogP) is 4.26. The van der Waals surface area contributed by atoms with Crippen LogP contribution in [-0.2, 0) is 9.59 Å². The van der Waals surface area contributed by atoms with Crippen LogP contribution in [0.25, 0.3) is 0 Å². The van der Waals surface area contributed by atoms with Crippen molar-refractivity contribution in [3.63, 3.8) is 0 Å². The molecule has 2 aromatic rings. The summed E-state index contributed by atoms with van der Waals surface area (Å²) < 4.78 is 41.7. The lowest BCUT2D eigenvalue weighted by atomic mass is 10.1. The molecule has 3 atom stereocenters. The SMILES string of the molecule is CC(=O)C(CN1CC[C@@H](C(=O)N[C@H](C)c2ccc(OCC(F)(F)F)s2)C1)Nc1ccccc1. The number of benzene rings is 1. The fourth-order valence-electron chi connectivity index (χ4n) is 3.68. The van der Waals surface area contributed by atoms with Crippen molar-refractivity contribution in [2.45, 2.75) is 38.5 Å². The normalized spacial score (nSPS) is 18.5. The number of carbonyl (C=O) groups excluding carboxylic acids is 2. The first-order valence-corrected chi connectivity index (χ1v) is 11.6. The Morgan fingerprint density at radius 1 is 1.21 bits per heavy atom. The zero-order valence-electron chi connectivity index (χ0n) is 18.5. The van der Waals surface area contributed by atoms with Crippen molar-refractivity contribution in [1.29, 1.82) is 0 Å². The maximum Gasteiger partial charge on any atom is 0.422 e. The van der Waals surface area contributed by atoms with Gasteiger partial charge in [0, 0.05) is 23.7 Å². The number of hydrogen-bond acceptors (Lipinski definition) is 6. The number of halogens is 3. The van der Waals surface area contributed by atoms with Gasteiger partial charge in [0.05, 0.1) is 18.0 Å². The average molecular weight is 484 g/mol. The van der Waals surface area contributed by atoms with E-state index < -0.39 is 12.8 Å². The molecule has 1 aromatic heterocycles. The summed E-state index contributed by atoms with van der Waals surface area (Å²) in [7, 11) is 0. The number of amides is 1. The van der Waals surface area contributed by atoms with Crippen LogP contribution in [-0.4, -0.2) is 55.0 Å². The van der Waals surface area contributed by atoms with Crippen molar-refractivity contribution in [2.24, 2.45) is 5.92 Å². The smallest absolute Gasteiger partial charge is 0.422 e. The number of thiophene rings is 1. The summed E-state index contributed by atoms with van der Waals surface area (Å²) in [6.45, 7) is 3.76. The van der Waals surface area contributed by atoms with E-state index in [0.717, 1.165) is 21.9 Å². The second-order valence-electron chi connectivity index (χ2n) is 8.21. The van der Waals surface area contributed by atoms with Gasteiger partial charge in [-0.15, -0.1) is 11.3 Å². The number of likely N-dealkylation sites (tertiary alicyclic amines) is 1. The number of hydrogen-bond donors (Lipinski definition) is 2. The molecule has 180 valence electrons. The quantitative estimate of drug-likeness (QED) is 0.529. The van der Waals surface area contributed by atoms with Gasteiger partial charge < -0.3 is 20.3 Å². The molecular formula is C23H28F3N3O3S. The number of anilines is 1. The van der Waals surface area contributed by atoms with E-state index in [4.69, 9.17) is 4.74 Å². The number of nitrogens with zero attached hydrogens (tertiary/aromatic N) is 1. The summed E-state index contributed by atoms with van der Waals surface area (Å²) in [6, 6.07) is 11.9. The highest BCUT2D eigenvalue weighted by molar-refractivity contribution is 7.13. The lowest BCUT2D eigenvalue weighted by Crippen LogP contribution is -2.41. The number of Topliss-reactive ketones (excluding diaryl/α,β-unsaturated/α-hetero) is 1. The molecule has 1 fully saturated rings. The molecule has 0 spiro atoms. The van der Waals surface area contributed by atoms with Crippen molar-refractivity contribution < 1.29 is 27.5 Å². The van der Waals surface area contributed by atoms with E-state index in [2.05, 4.69) is 15.5 Å². The molecule has 10 heteroatoms. The Hall–Kier alpha value is -2.59. The molecule has 0 aliphatic carbocycles. The molecule has 1 aliphatic rings. The molecule has 1 unspecified atom stereocenters. The topological polar surface area (TPSA) is 70.7 Å². The predicted molar refractivity (Wildman–Crippen MR) is 122 cm³/mol.